The second kappa shape index (κ2) is 4.27. The normalized spacial score (nSPS) is 15.1. The third kappa shape index (κ3) is 1.62. The van der Waals surface area contributed by atoms with Crippen molar-refractivity contribution in [1.29, 1.82) is 0 Å². The van der Waals surface area contributed by atoms with Crippen LogP contribution in [0.1, 0.15) is 25.0 Å². The van der Waals surface area contributed by atoms with Crippen LogP contribution >= 0.6 is 15.9 Å². The summed E-state index contributed by atoms with van der Waals surface area (Å²) >= 11 is 3.63. The van der Waals surface area contributed by atoms with E-state index in [0.717, 1.165) is 4.47 Å². The van der Waals surface area contributed by atoms with E-state index in [4.69, 9.17) is 0 Å². The average Bonchev–Trinajstić information content (AvgIpc) is 3.01. The highest BCUT2D eigenvalue weighted by atomic mass is 79.9. The van der Waals surface area contributed by atoms with Crippen LogP contribution in [0.2, 0.25) is 0 Å². The van der Waals surface area contributed by atoms with Crippen LogP contribution in [0, 0.1) is 0 Å². The molecule has 0 aliphatic heterocycles. The van der Waals surface area contributed by atoms with E-state index in [-0.39, 0.29) is 5.41 Å². The van der Waals surface area contributed by atoms with Gasteiger partial charge >= 0.3 is 0 Å². The van der Waals surface area contributed by atoms with Crippen molar-refractivity contribution in [2.24, 2.45) is 0 Å². The van der Waals surface area contributed by atoms with Gasteiger partial charge in [0.15, 0.2) is 0 Å². The van der Waals surface area contributed by atoms with Crippen molar-refractivity contribution in [1.82, 2.24) is 4.98 Å². The maximum absolute atomic E-state index is 3.67. The first-order chi connectivity index (χ1) is 11.1. The molecule has 2 heteroatoms. The molecule has 1 heterocycles. The van der Waals surface area contributed by atoms with Gasteiger partial charge in [-0.3, -0.25) is 0 Å². The van der Waals surface area contributed by atoms with Crippen LogP contribution in [-0.4, -0.2) is 4.98 Å². The molecule has 0 bridgehead atoms. The highest BCUT2D eigenvalue weighted by Crippen LogP contribution is 2.52. The Morgan fingerprint density at radius 2 is 1.65 bits per heavy atom. The lowest BCUT2D eigenvalue weighted by Crippen LogP contribution is -2.15. The van der Waals surface area contributed by atoms with E-state index in [2.05, 4.69) is 89.4 Å². The van der Waals surface area contributed by atoms with Gasteiger partial charge in [0.25, 0.3) is 0 Å². The van der Waals surface area contributed by atoms with Gasteiger partial charge in [-0.25, -0.2) is 0 Å². The molecule has 0 fully saturated rings. The first-order valence-corrected chi connectivity index (χ1v) is 8.71. The van der Waals surface area contributed by atoms with E-state index in [1.54, 1.807) is 0 Å². The van der Waals surface area contributed by atoms with Crippen LogP contribution in [0.25, 0.3) is 32.9 Å². The summed E-state index contributed by atoms with van der Waals surface area (Å²) in [5.74, 6) is 0. The van der Waals surface area contributed by atoms with E-state index < -0.39 is 0 Å². The molecule has 1 N–H and O–H groups in total. The molecule has 0 radical (unpaired) electrons. The summed E-state index contributed by atoms with van der Waals surface area (Å²) in [7, 11) is 0. The number of aromatic amines is 1. The molecule has 0 atom stereocenters. The smallest absolute Gasteiger partial charge is 0.0512 e. The molecule has 1 aliphatic carbocycles. The van der Waals surface area contributed by atoms with Gasteiger partial charge in [-0.1, -0.05) is 66.2 Å². The first-order valence-electron chi connectivity index (χ1n) is 7.92. The highest BCUT2D eigenvalue weighted by molar-refractivity contribution is 9.10. The van der Waals surface area contributed by atoms with Gasteiger partial charge in [0.2, 0.25) is 0 Å². The van der Waals surface area contributed by atoms with Crippen LogP contribution in [0.5, 0.6) is 0 Å². The van der Waals surface area contributed by atoms with Gasteiger partial charge in [-0.2, -0.15) is 0 Å². The molecule has 3 aromatic carbocycles. The molecule has 0 amide bonds. The Kier molecular flexibility index (Phi) is 2.48. The topological polar surface area (TPSA) is 15.8 Å². The van der Waals surface area contributed by atoms with Gasteiger partial charge in [0.05, 0.1) is 5.52 Å². The minimum absolute atomic E-state index is 0.00513. The summed E-state index contributed by atoms with van der Waals surface area (Å²) < 4.78 is 1.14. The molecule has 1 aromatic heterocycles. The van der Waals surface area contributed by atoms with Crippen LogP contribution in [0.4, 0.5) is 0 Å². The fourth-order valence-corrected chi connectivity index (χ4v) is 4.56. The molecule has 5 rings (SSSR count). The standard InChI is InChI=1S/C21H16BrN/c1-21(2)17-11-12(22)7-8-13(17)15-9-10-16-14-5-3-4-6-18(14)23-20(16)19(15)21/h3-11,23H,1-2H3. The second-order valence-corrected chi connectivity index (χ2v) is 7.81. The predicted molar refractivity (Wildman–Crippen MR) is 101 cm³/mol. The highest BCUT2D eigenvalue weighted by Gasteiger charge is 2.37. The minimum atomic E-state index is -0.00513. The van der Waals surface area contributed by atoms with Crippen molar-refractivity contribution < 1.29 is 0 Å². The molecule has 112 valence electrons. The van der Waals surface area contributed by atoms with Crippen molar-refractivity contribution >= 4 is 37.7 Å². The number of halogens is 1. The van der Waals surface area contributed by atoms with Crippen molar-refractivity contribution in [3.05, 3.63) is 70.2 Å². The van der Waals surface area contributed by atoms with Gasteiger partial charge in [-0.05, 0) is 40.5 Å². The lowest BCUT2D eigenvalue weighted by atomic mass is 9.81. The molecule has 1 nitrogen and oxygen atoms in total. The lowest BCUT2D eigenvalue weighted by Gasteiger charge is -2.22. The summed E-state index contributed by atoms with van der Waals surface area (Å²) in [5, 5.41) is 2.62. The Balaban J connectivity index is 1.96. The Morgan fingerprint density at radius 1 is 0.870 bits per heavy atom. The van der Waals surface area contributed by atoms with Gasteiger partial charge < -0.3 is 4.98 Å². The predicted octanol–water partition coefficient (Wildman–Crippen LogP) is 6.39. The molecule has 23 heavy (non-hydrogen) atoms. The summed E-state index contributed by atoms with van der Waals surface area (Å²) in [6.07, 6.45) is 0. The molecule has 0 spiro atoms. The van der Waals surface area contributed by atoms with E-state index in [9.17, 15) is 0 Å². The number of hydrogen-bond donors (Lipinski definition) is 1. The van der Waals surface area contributed by atoms with Gasteiger partial charge in [-0.15, -0.1) is 0 Å². The first kappa shape index (κ1) is 13.4. The number of hydrogen-bond acceptors (Lipinski definition) is 0. The van der Waals surface area contributed by atoms with Crippen molar-refractivity contribution in [2.45, 2.75) is 19.3 Å². The van der Waals surface area contributed by atoms with Crippen molar-refractivity contribution in [2.75, 3.05) is 0 Å². The van der Waals surface area contributed by atoms with Crippen LogP contribution in [-0.2, 0) is 5.41 Å². The minimum Gasteiger partial charge on any atom is -0.354 e. The largest absolute Gasteiger partial charge is 0.354 e. The summed E-state index contributed by atoms with van der Waals surface area (Å²) in [5.41, 5.74) is 8.01. The monoisotopic (exact) mass is 361 g/mol. The Morgan fingerprint density at radius 3 is 2.52 bits per heavy atom. The van der Waals surface area contributed by atoms with E-state index in [1.807, 2.05) is 0 Å². The second-order valence-electron chi connectivity index (χ2n) is 6.90. The van der Waals surface area contributed by atoms with Crippen molar-refractivity contribution in [3.8, 4) is 11.1 Å². The molecule has 0 unspecified atom stereocenters. The Labute approximate surface area is 143 Å². The van der Waals surface area contributed by atoms with Crippen molar-refractivity contribution in [3.63, 3.8) is 0 Å². The Bertz CT molecular complexity index is 1100. The fraction of sp³-hybridized carbons (Fsp3) is 0.143. The Hall–Kier alpha value is -2.06. The number of H-pyrrole nitrogens is 1. The maximum atomic E-state index is 3.67. The number of rotatable bonds is 0. The molecule has 0 saturated heterocycles. The molecule has 4 aromatic rings. The number of fused-ring (bicyclic) bond motifs is 7. The SMILES string of the molecule is CC1(C)c2cc(Br)ccc2-c2ccc3c([nH]c4ccccc43)c21. The summed E-state index contributed by atoms with van der Waals surface area (Å²) in [6, 6.07) is 19.8. The third-order valence-corrected chi connectivity index (χ3v) is 5.75. The summed E-state index contributed by atoms with van der Waals surface area (Å²) in [4.78, 5) is 3.67. The third-order valence-electron chi connectivity index (χ3n) is 5.25. The van der Waals surface area contributed by atoms with E-state index >= 15 is 0 Å². The number of para-hydroxylation sites is 1. The zero-order valence-corrected chi connectivity index (χ0v) is 14.7. The number of aromatic nitrogens is 1. The van der Waals surface area contributed by atoms with Crippen LogP contribution in [0.15, 0.2) is 59.1 Å². The van der Waals surface area contributed by atoms with Crippen LogP contribution in [0.3, 0.4) is 0 Å². The zero-order valence-electron chi connectivity index (χ0n) is 13.1. The quantitative estimate of drug-likeness (QED) is 0.373. The lowest BCUT2D eigenvalue weighted by molar-refractivity contribution is 0.664. The number of nitrogens with one attached hydrogen (secondary N) is 1. The fourth-order valence-electron chi connectivity index (χ4n) is 4.20. The van der Waals surface area contributed by atoms with Gasteiger partial charge in [0.1, 0.15) is 0 Å². The molecular formula is C21H16BrN. The van der Waals surface area contributed by atoms with E-state index in [1.165, 1.54) is 44.1 Å². The molecule has 1 aliphatic rings. The van der Waals surface area contributed by atoms with E-state index in [0.29, 0.717) is 0 Å². The average molecular weight is 362 g/mol. The summed E-state index contributed by atoms with van der Waals surface area (Å²) in [6.45, 7) is 4.66. The number of benzene rings is 3. The van der Waals surface area contributed by atoms with Gasteiger partial charge in [0, 0.05) is 26.2 Å². The maximum Gasteiger partial charge on any atom is 0.0512 e. The van der Waals surface area contributed by atoms with Crippen LogP contribution < -0.4 is 0 Å². The molecule has 0 saturated carbocycles. The zero-order chi connectivity index (χ0) is 15.8. The molecular weight excluding hydrogens is 346 g/mol.